The van der Waals surface area contributed by atoms with Crippen molar-refractivity contribution in [3.8, 4) is 11.5 Å². The highest BCUT2D eigenvalue weighted by Gasteiger charge is 2.14. The summed E-state index contributed by atoms with van der Waals surface area (Å²) in [5, 5.41) is 13.3. The maximum Gasteiger partial charge on any atom is 0.154 e. The Morgan fingerprint density at radius 3 is 2.62 bits per heavy atom. The molecule has 7 nitrogen and oxygen atoms in total. The molecule has 3 aromatic heterocycles. The van der Waals surface area contributed by atoms with Gasteiger partial charge in [0.25, 0.3) is 0 Å². The van der Waals surface area contributed by atoms with Crippen LogP contribution in [0, 0.1) is 18.6 Å². The van der Waals surface area contributed by atoms with Gasteiger partial charge in [0.15, 0.2) is 11.6 Å². The lowest BCUT2D eigenvalue weighted by atomic mass is 10.1. The maximum atomic E-state index is 14.0. The van der Waals surface area contributed by atoms with Crippen molar-refractivity contribution in [3.05, 3.63) is 71.8 Å². The van der Waals surface area contributed by atoms with Gasteiger partial charge >= 0.3 is 0 Å². The number of H-pyrrole nitrogens is 1. The molecule has 1 aromatic carbocycles. The van der Waals surface area contributed by atoms with Crippen LogP contribution in [-0.4, -0.2) is 20.2 Å². The molecule has 0 aliphatic rings. The second-order valence-electron chi connectivity index (χ2n) is 6.49. The molecule has 4 aromatic rings. The highest BCUT2D eigenvalue weighted by Crippen LogP contribution is 2.25. The quantitative estimate of drug-likeness (QED) is 0.427. The van der Waals surface area contributed by atoms with Crippen LogP contribution in [0.3, 0.4) is 0 Å². The van der Waals surface area contributed by atoms with E-state index in [9.17, 15) is 8.78 Å². The third-order valence-corrected chi connectivity index (χ3v) is 4.25. The summed E-state index contributed by atoms with van der Waals surface area (Å²) in [4.78, 5) is 8.68. The van der Waals surface area contributed by atoms with Crippen LogP contribution in [0.25, 0.3) is 11.5 Å². The number of rotatable bonds is 6. The number of nitrogens with zero attached hydrogens (tertiary/aromatic N) is 3. The Bertz CT molecular complexity index is 1130. The molecule has 29 heavy (non-hydrogen) atoms. The van der Waals surface area contributed by atoms with Crippen molar-refractivity contribution in [3.63, 3.8) is 0 Å². The first-order valence-electron chi connectivity index (χ1n) is 8.91. The molecule has 0 amide bonds. The third-order valence-electron chi connectivity index (χ3n) is 4.25. The predicted octanol–water partition coefficient (Wildman–Crippen LogP) is 4.96. The van der Waals surface area contributed by atoms with E-state index in [0.29, 0.717) is 34.6 Å². The van der Waals surface area contributed by atoms with Gasteiger partial charge in [0.2, 0.25) is 0 Å². The molecular weight excluding hydrogens is 378 g/mol. The molecular formula is C20H18F2N6O. The summed E-state index contributed by atoms with van der Waals surface area (Å²) >= 11 is 0. The Hall–Kier alpha value is -3.75. The van der Waals surface area contributed by atoms with Crippen molar-refractivity contribution in [2.24, 2.45) is 0 Å². The van der Waals surface area contributed by atoms with Gasteiger partial charge in [-0.2, -0.15) is 5.10 Å². The van der Waals surface area contributed by atoms with Crippen molar-refractivity contribution in [1.82, 2.24) is 20.2 Å². The van der Waals surface area contributed by atoms with Crippen molar-refractivity contribution in [2.45, 2.75) is 19.9 Å². The van der Waals surface area contributed by atoms with Crippen LogP contribution in [0.5, 0.6) is 0 Å². The van der Waals surface area contributed by atoms with Gasteiger partial charge in [0, 0.05) is 23.8 Å². The van der Waals surface area contributed by atoms with E-state index in [1.165, 1.54) is 12.1 Å². The van der Waals surface area contributed by atoms with Crippen molar-refractivity contribution in [2.75, 3.05) is 10.6 Å². The lowest BCUT2D eigenvalue weighted by molar-refractivity contribution is 0.566. The number of furan rings is 1. The zero-order valence-electron chi connectivity index (χ0n) is 15.7. The number of nitrogens with one attached hydrogen (secondary N) is 3. The highest BCUT2D eigenvalue weighted by atomic mass is 19.1. The zero-order valence-corrected chi connectivity index (χ0v) is 15.7. The SMILES string of the molecule is Cc1nc(Nc2cc(-c3ccco3)[nH]n2)cc(NC(C)c2ccc(F)cc2F)n1. The zero-order chi connectivity index (χ0) is 20.4. The van der Waals surface area contributed by atoms with E-state index in [4.69, 9.17) is 4.42 Å². The summed E-state index contributed by atoms with van der Waals surface area (Å²) in [7, 11) is 0. The van der Waals surface area contributed by atoms with Gasteiger partial charge in [0.05, 0.1) is 12.3 Å². The Labute approximate surface area is 165 Å². The molecule has 3 heterocycles. The fourth-order valence-electron chi connectivity index (χ4n) is 2.93. The number of aromatic amines is 1. The molecule has 0 radical (unpaired) electrons. The summed E-state index contributed by atoms with van der Waals surface area (Å²) in [6, 6.07) is 10.2. The number of hydrogen-bond donors (Lipinski definition) is 3. The molecule has 1 unspecified atom stereocenters. The molecule has 3 N–H and O–H groups in total. The summed E-state index contributed by atoms with van der Waals surface area (Å²) < 4.78 is 32.5. The predicted molar refractivity (Wildman–Crippen MR) is 105 cm³/mol. The number of aromatic nitrogens is 4. The van der Waals surface area contributed by atoms with E-state index in [0.717, 1.165) is 11.8 Å². The average Bonchev–Trinajstić information content (AvgIpc) is 3.32. The van der Waals surface area contributed by atoms with Crippen LogP contribution in [0.4, 0.5) is 26.2 Å². The molecule has 0 aliphatic carbocycles. The molecule has 4 rings (SSSR count). The second kappa shape index (κ2) is 7.70. The van der Waals surface area contributed by atoms with Crippen LogP contribution in [0.15, 0.2) is 53.1 Å². The van der Waals surface area contributed by atoms with Crippen LogP contribution in [0.1, 0.15) is 24.4 Å². The van der Waals surface area contributed by atoms with Gasteiger partial charge < -0.3 is 15.1 Å². The first kappa shape index (κ1) is 18.6. The molecule has 0 fully saturated rings. The van der Waals surface area contributed by atoms with E-state index in [-0.39, 0.29) is 0 Å². The van der Waals surface area contributed by atoms with E-state index in [1.54, 1.807) is 38.3 Å². The standard InChI is InChI=1S/C20H18F2N6O/c1-11(14-6-5-13(21)8-15(14)22)23-18-10-19(25-12(2)24-18)26-20-9-16(27-28-20)17-4-3-7-29-17/h3-11H,1-2H3,(H3,23,24,25,26,27,28). The van der Waals surface area contributed by atoms with Gasteiger partial charge in [-0.05, 0) is 32.0 Å². The number of anilines is 3. The molecule has 0 saturated heterocycles. The Morgan fingerprint density at radius 2 is 1.86 bits per heavy atom. The summed E-state index contributed by atoms with van der Waals surface area (Å²) in [5.41, 5.74) is 1.06. The van der Waals surface area contributed by atoms with Gasteiger partial charge in [0.1, 0.15) is 34.8 Å². The monoisotopic (exact) mass is 396 g/mol. The molecule has 1 atom stereocenters. The largest absolute Gasteiger partial charge is 0.463 e. The highest BCUT2D eigenvalue weighted by molar-refractivity contribution is 5.62. The number of halogens is 2. The van der Waals surface area contributed by atoms with Crippen molar-refractivity contribution in [1.29, 1.82) is 0 Å². The Kier molecular flexibility index (Phi) is 4.94. The molecule has 0 bridgehead atoms. The van der Waals surface area contributed by atoms with E-state index in [1.807, 2.05) is 6.07 Å². The van der Waals surface area contributed by atoms with Crippen molar-refractivity contribution >= 4 is 17.5 Å². The van der Waals surface area contributed by atoms with Gasteiger partial charge in [-0.15, -0.1) is 0 Å². The lowest BCUT2D eigenvalue weighted by Gasteiger charge is -2.16. The van der Waals surface area contributed by atoms with Crippen LogP contribution >= 0.6 is 0 Å². The van der Waals surface area contributed by atoms with E-state index >= 15 is 0 Å². The summed E-state index contributed by atoms with van der Waals surface area (Å²) in [6.07, 6.45) is 1.58. The number of hydrogen-bond acceptors (Lipinski definition) is 6. The normalized spacial score (nSPS) is 12.0. The first-order chi connectivity index (χ1) is 14.0. The lowest BCUT2D eigenvalue weighted by Crippen LogP contribution is -2.11. The second-order valence-corrected chi connectivity index (χ2v) is 6.49. The first-order valence-corrected chi connectivity index (χ1v) is 8.91. The average molecular weight is 396 g/mol. The van der Waals surface area contributed by atoms with E-state index in [2.05, 4.69) is 30.8 Å². The number of aryl methyl sites for hydroxylation is 1. The fourth-order valence-corrected chi connectivity index (χ4v) is 2.93. The minimum Gasteiger partial charge on any atom is -0.463 e. The van der Waals surface area contributed by atoms with Crippen molar-refractivity contribution < 1.29 is 13.2 Å². The minimum atomic E-state index is -0.615. The third kappa shape index (κ3) is 4.23. The molecule has 0 spiro atoms. The molecule has 9 heteroatoms. The van der Waals surface area contributed by atoms with Crippen LogP contribution in [-0.2, 0) is 0 Å². The Balaban J connectivity index is 1.51. The topological polar surface area (TPSA) is 91.7 Å². The van der Waals surface area contributed by atoms with Crippen LogP contribution < -0.4 is 10.6 Å². The molecule has 148 valence electrons. The summed E-state index contributed by atoms with van der Waals surface area (Å²) in [6.45, 7) is 3.52. The Morgan fingerprint density at radius 1 is 1.03 bits per heavy atom. The maximum absolute atomic E-state index is 14.0. The van der Waals surface area contributed by atoms with Crippen LogP contribution in [0.2, 0.25) is 0 Å². The minimum absolute atomic E-state index is 0.340. The number of benzene rings is 1. The van der Waals surface area contributed by atoms with Gasteiger partial charge in [-0.3, -0.25) is 5.10 Å². The molecule has 0 saturated carbocycles. The smallest absolute Gasteiger partial charge is 0.154 e. The fraction of sp³-hybridized carbons (Fsp3) is 0.150. The van der Waals surface area contributed by atoms with E-state index < -0.39 is 17.7 Å². The summed E-state index contributed by atoms with van der Waals surface area (Å²) in [5.74, 6) is 1.53. The molecule has 0 aliphatic heterocycles. The van der Waals surface area contributed by atoms with Gasteiger partial charge in [-0.25, -0.2) is 18.7 Å². The van der Waals surface area contributed by atoms with Gasteiger partial charge in [-0.1, -0.05) is 6.07 Å².